The zero-order valence-electron chi connectivity index (χ0n) is 19.4. The van der Waals surface area contributed by atoms with Crippen molar-refractivity contribution in [3.63, 3.8) is 0 Å². The molecule has 9 heteroatoms. The number of nitrogens with one attached hydrogen (secondary N) is 1. The SMILES string of the molecule is CC(=O)Nc1cccc(-n2nnnc2SCC(=O)c2cc(C)n(CCc3ccccc3)c2C)c1. The quantitative estimate of drug-likeness (QED) is 0.288. The number of nitrogens with zero attached hydrogens (tertiary/aromatic N) is 5. The van der Waals surface area contributed by atoms with Crippen LogP contribution in [0, 0.1) is 13.8 Å². The molecule has 34 heavy (non-hydrogen) atoms. The molecule has 0 spiro atoms. The number of hydrogen-bond acceptors (Lipinski definition) is 6. The van der Waals surface area contributed by atoms with Crippen molar-refractivity contribution in [3.05, 3.63) is 83.2 Å². The van der Waals surface area contributed by atoms with Crippen LogP contribution in [0.2, 0.25) is 0 Å². The number of rotatable bonds is 9. The Morgan fingerprint density at radius 2 is 1.82 bits per heavy atom. The van der Waals surface area contributed by atoms with Gasteiger partial charge in [0.05, 0.1) is 11.4 Å². The maximum Gasteiger partial charge on any atom is 0.221 e. The van der Waals surface area contributed by atoms with Crippen molar-refractivity contribution >= 4 is 29.1 Å². The Labute approximate surface area is 202 Å². The fraction of sp³-hybridized carbons (Fsp3) is 0.240. The van der Waals surface area contributed by atoms with Crippen LogP contribution in [0.5, 0.6) is 0 Å². The number of thioether (sulfide) groups is 1. The first-order valence-electron chi connectivity index (χ1n) is 11.0. The number of carbonyl (C=O) groups is 2. The monoisotopic (exact) mass is 474 g/mol. The van der Waals surface area contributed by atoms with E-state index in [1.807, 2.05) is 50.2 Å². The van der Waals surface area contributed by atoms with Crippen LogP contribution in [-0.2, 0) is 17.8 Å². The molecule has 1 amide bonds. The predicted molar refractivity (Wildman–Crippen MR) is 133 cm³/mol. The van der Waals surface area contributed by atoms with Crippen molar-refractivity contribution in [1.82, 2.24) is 24.8 Å². The maximum atomic E-state index is 13.1. The molecule has 0 aliphatic heterocycles. The molecular formula is C25H26N6O2S. The summed E-state index contributed by atoms with van der Waals surface area (Å²) in [6.45, 7) is 6.30. The van der Waals surface area contributed by atoms with E-state index >= 15 is 0 Å². The van der Waals surface area contributed by atoms with E-state index in [1.165, 1.54) is 24.2 Å². The lowest BCUT2D eigenvalue weighted by Crippen LogP contribution is -2.09. The molecule has 0 saturated heterocycles. The maximum absolute atomic E-state index is 13.1. The Hall–Kier alpha value is -3.72. The third kappa shape index (κ3) is 5.43. The summed E-state index contributed by atoms with van der Waals surface area (Å²) >= 11 is 1.29. The summed E-state index contributed by atoms with van der Waals surface area (Å²) in [4.78, 5) is 24.4. The molecule has 4 aromatic rings. The first-order chi connectivity index (χ1) is 16.4. The fourth-order valence-corrected chi connectivity index (χ4v) is 4.64. The van der Waals surface area contributed by atoms with Gasteiger partial charge in [0, 0.05) is 36.1 Å². The van der Waals surface area contributed by atoms with Gasteiger partial charge in [0.2, 0.25) is 11.1 Å². The summed E-state index contributed by atoms with van der Waals surface area (Å²) in [5, 5.41) is 15.2. The number of hydrogen-bond donors (Lipinski definition) is 1. The van der Waals surface area contributed by atoms with Gasteiger partial charge in [0.1, 0.15) is 0 Å². The van der Waals surface area contributed by atoms with Crippen molar-refractivity contribution in [3.8, 4) is 5.69 Å². The highest BCUT2D eigenvalue weighted by molar-refractivity contribution is 7.99. The molecule has 2 aromatic heterocycles. The lowest BCUT2D eigenvalue weighted by atomic mass is 10.1. The molecule has 0 aliphatic rings. The van der Waals surface area contributed by atoms with Gasteiger partial charge in [-0.25, -0.2) is 0 Å². The molecule has 0 bridgehead atoms. The highest BCUT2D eigenvalue weighted by atomic mass is 32.2. The van der Waals surface area contributed by atoms with E-state index < -0.39 is 0 Å². The second kappa shape index (κ2) is 10.5. The van der Waals surface area contributed by atoms with Crippen molar-refractivity contribution < 1.29 is 9.59 Å². The first-order valence-corrected chi connectivity index (χ1v) is 11.9. The first kappa shape index (κ1) is 23.4. The number of amides is 1. The lowest BCUT2D eigenvalue weighted by Gasteiger charge is -2.10. The summed E-state index contributed by atoms with van der Waals surface area (Å²) in [5.41, 5.74) is 5.39. The van der Waals surface area contributed by atoms with Gasteiger partial charge >= 0.3 is 0 Å². The zero-order valence-corrected chi connectivity index (χ0v) is 20.2. The molecule has 174 valence electrons. The molecule has 0 unspecified atom stereocenters. The summed E-state index contributed by atoms with van der Waals surface area (Å²) in [5.74, 6) is 0.0930. The minimum Gasteiger partial charge on any atom is -0.348 e. The Morgan fingerprint density at radius 1 is 1.03 bits per heavy atom. The van der Waals surface area contributed by atoms with Crippen molar-refractivity contribution in [2.24, 2.45) is 0 Å². The largest absolute Gasteiger partial charge is 0.348 e. The minimum atomic E-state index is -0.157. The highest BCUT2D eigenvalue weighted by Crippen LogP contribution is 2.23. The second-order valence-electron chi connectivity index (χ2n) is 7.99. The third-order valence-corrected chi connectivity index (χ3v) is 6.44. The Kier molecular flexibility index (Phi) is 7.22. The summed E-state index contributed by atoms with van der Waals surface area (Å²) in [6, 6.07) is 19.5. The van der Waals surface area contributed by atoms with Crippen LogP contribution >= 0.6 is 11.8 Å². The highest BCUT2D eigenvalue weighted by Gasteiger charge is 2.18. The molecule has 1 N–H and O–H groups in total. The smallest absolute Gasteiger partial charge is 0.221 e. The standard InChI is InChI=1S/C25H26N6O2S/c1-17-14-23(18(2)30(17)13-12-20-8-5-4-6-9-20)24(33)16-34-25-27-28-29-31(25)22-11-7-10-21(15-22)26-19(3)32/h4-11,14-15H,12-13,16H2,1-3H3,(H,26,32). The average Bonchev–Trinajstić information content (AvgIpc) is 3.40. The van der Waals surface area contributed by atoms with E-state index in [9.17, 15) is 9.59 Å². The number of aryl methyl sites for hydroxylation is 2. The Morgan fingerprint density at radius 3 is 2.59 bits per heavy atom. The van der Waals surface area contributed by atoms with E-state index in [-0.39, 0.29) is 17.4 Å². The van der Waals surface area contributed by atoms with Crippen LogP contribution in [0.15, 0.2) is 65.8 Å². The van der Waals surface area contributed by atoms with Crippen LogP contribution in [0.3, 0.4) is 0 Å². The predicted octanol–water partition coefficient (Wildman–Crippen LogP) is 4.26. The molecule has 0 saturated carbocycles. The average molecular weight is 475 g/mol. The lowest BCUT2D eigenvalue weighted by molar-refractivity contribution is -0.114. The van der Waals surface area contributed by atoms with Gasteiger partial charge in [-0.05, 0) is 60.5 Å². The molecule has 0 atom stereocenters. The van der Waals surface area contributed by atoms with Gasteiger partial charge in [-0.1, -0.05) is 48.2 Å². The number of Topliss-reactive ketones (excluding diaryl/α,β-unsaturated/α-hetero) is 1. The number of tetrazole rings is 1. The molecule has 8 nitrogen and oxygen atoms in total. The van der Waals surface area contributed by atoms with Crippen molar-refractivity contribution in [2.45, 2.75) is 38.9 Å². The van der Waals surface area contributed by atoms with E-state index in [0.717, 1.165) is 29.9 Å². The summed E-state index contributed by atoms with van der Waals surface area (Å²) in [7, 11) is 0. The van der Waals surface area contributed by atoms with Crippen LogP contribution in [-0.4, -0.2) is 42.2 Å². The van der Waals surface area contributed by atoms with E-state index in [2.05, 4.69) is 37.5 Å². The van der Waals surface area contributed by atoms with Crippen molar-refractivity contribution in [1.29, 1.82) is 0 Å². The molecule has 0 fully saturated rings. The Balaban J connectivity index is 1.44. The third-order valence-electron chi connectivity index (χ3n) is 5.53. The van der Waals surface area contributed by atoms with Gasteiger partial charge in [-0.2, -0.15) is 4.68 Å². The van der Waals surface area contributed by atoms with Crippen LogP contribution in [0.4, 0.5) is 5.69 Å². The van der Waals surface area contributed by atoms with Gasteiger partial charge in [0.25, 0.3) is 0 Å². The van der Waals surface area contributed by atoms with Crippen LogP contribution < -0.4 is 5.32 Å². The summed E-state index contributed by atoms with van der Waals surface area (Å²) in [6.07, 6.45) is 0.909. The molecular weight excluding hydrogens is 448 g/mol. The van der Waals surface area contributed by atoms with Crippen molar-refractivity contribution in [2.75, 3.05) is 11.1 Å². The normalized spacial score (nSPS) is 10.9. The molecule has 0 aliphatic carbocycles. The second-order valence-corrected chi connectivity index (χ2v) is 8.93. The van der Waals surface area contributed by atoms with Gasteiger partial charge in [0.15, 0.2) is 5.78 Å². The van der Waals surface area contributed by atoms with E-state index in [1.54, 1.807) is 16.8 Å². The topological polar surface area (TPSA) is 94.7 Å². The minimum absolute atomic E-state index is 0.0330. The molecule has 2 aromatic carbocycles. The van der Waals surface area contributed by atoms with Gasteiger partial charge < -0.3 is 9.88 Å². The number of benzene rings is 2. The van der Waals surface area contributed by atoms with E-state index in [0.29, 0.717) is 16.5 Å². The van der Waals surface area contributed by atoms with Crippen LogP contribution in [0.1, 0.15) is 34.2 Å². The zero-order chi connectivity index (χ0) is 24.1. The molecule has 0 radical (unpaired) electrons. The fourth-order valence-electron chi connectivity index (χ4n) is 3.87. The van der Waals surface area contributed by atoms with E-state index in [4.69, 9.17) is 0 Å². The molecule has 2 heterocycles. The molecule has 4 rings (SSSR count). The van der Waals surface area contributed by atoms with Gasteiger partial charge in [-0.3, -0.25) is 9.59 Å². The van der Waals surface area contributed by atoms with Crippen LogP contribution in [0.25, 0.3) is 5.69 Å². The number of aromatic nitrogens is 5. The summed E-state index contributed by atoms with van der Waals surface area (Å²) < 4.78 is 3.76. The Bertz CT molecular complexity index is 1310. The number of ketones is 1. The number of anilines is 1. The van der Waals surface area contributed by atoms with Gasteiger partial charge in [-0.15, -0.1) is 5.10 Å². The number of carbonyl (C=O) groups excluding carboxylic acids is 2.